The van der Waals surface area contributed by atoms with Crippen LogP contribution in [0.25, 0.3) is 0 Å². The van der Waals surface area contributed by atoms with Gasteiger partial charge in [0, 0.05) is 38.0 Å². The molecule has 9 nitrogen and oxygen atoms in total. The van der Waals surface area contributed by atoms with Crippen LogP contribution in [0.4, 0.5) is 4.39 Å². The van der Waals surface area contributed by atoms with Crippen molar-refractivity contribution in [2.75, 3.05) is 26.3 Å². The zero-order valence-corrected chi connectivity index (χ0v) is 20.3. The minimum atomic E-state index is -1.41. The summed E-state index contributed by atoms with van der Waals surface area (Å²) < 4.78 is 21.1. The van der Waals surface area contributed by atoms with Crippen molar-refractivity contribution in [3.63, 3.8) is 0 Å². The molecular weight excluding hydrogens is 479 g/mol. The van der Waals surface area contributed by atoms with E-state index < -0.39 is 23.6 Å². The number of halogens is 2. The summed E-state index contributed by atoms with van der Waals surface area (Å²) in [5.74, 6) is -1.12. The number of aromatic nitrogens is 2. The molecule has 2 N–H and O–H groups in total. The second-order valence-corrected chi connectivity index (χ2v) is 9.48. The maximum Gasteiger partial charge on any atom is 0.257 e. The highest BCUT2D eigenvalue weighted by molar-refractivity contribution is 6.30. The Hall–Kier alpha value is -2.66. The van der Waals surface area contributed by atoms with Crippen molar-refractivity contribution < 1.29 is 28.9 Å². The summed E-state index contributed by atoms with van der Waals surface area (Å²) >= 11 is 5.84. The molecule has 35 heavy (non-hydrogen) atoms. The number of aliphatic hydroxyl groups is 2. The molecular formula is C24H28ClFN4O5. The van der Waals surface area contributed by atoms with Crippen molar-refractivity contribution >= 4 is 23.4 Å². The predicted molar refractivity (Wildman–Crippen MR) is 124 cm³/mol. The fraction of sp³-hybridized carbons (Fsp3) is 0.500. The summed E-state index contributed by atoms with van der Waals surface area (Å²) in [5, 5.41) is 21.0. The Labute approximate surface area is 207 Å². The second-order valence-electron chi connectivity index (χ2n) is 9.04. The summed E-state index contributed by atoms with van der Waals surface area (Å²) in [6, 6.07) is 2.75. The van der Waals surface area contributed by atoms with Crippen LogP contribution in [0.5, 0.6) is 0 Å². The number of hydrogen-bond donors (Lipinski definition) is 2. The number of aliphatic hydroxyl groups excluding tert-OH is 1. The number of benzene rings is 1. The Kier molecular flexibility index (Phi) is 7.37. The molecule has 188 valence electrons. The number of carbonyl (C=O) groups excluding carboxylic acids is 2. The molecule has 0 aliphatic carbocycles. The van der Waals surface area contributed by atoms with E-state index in [0.29, 0.717) is 31.0 Å². The highest BCUT2D eigenvalue weighted by Crippen LogP contribution is 2.42. The topological polar surface area (TPSA) is 116 Å². The quantitative estimate of drug-likeness (QED) is 0.592. The molecule has 1 fully saturated rings. The summed E-state index contributed by atoms with van der Waals surface area (Å²) in [5.41, 5.74) is -0.997. The number of piperidine rings is 1. The molecule has 1 aromatic carbocycles. The first-order valence-corrected chi connectivity index (χ1v) is 11.8. The minimum Gasteiger partial charge on any atom is -0.394 e. The van der Waals surface area contributed by atoms with Crippen molar-refractivity contribution in [3.05, 3.63) is 57.9 Å². The highest BCUT2D eigenvalue weighted by atomic mass is 35.5. The van der Waals surface area contributed by atoms with Crippen LogP contribution in [0.2, 0.25) is 5.02 Å². The summed E-state index contributed by atoms with van der Waals surface area (Å²) in [4.78, 5) is 36.3. The van der Waals surface area contributed by atoms with E-state index in [-0.39, 0.29) is 54.1 Å². The van der Waals surface area contributed by atoms with E-state index in [9.17, 15) is 19.8 Å². The third-order valence-electron chi connectivity index (χ3n) is 6.82. The van der Waals surface area contributed by atoms with E-state index >= 15 is 4.39 Å². The van der Waals surface area contributed by atoms with Gasteiger partial charge in [-0.2, -0.15) is 0 Å². The molecule has 2 aliphatic rings. The third-order valence-corrected chi connectivity index (χ3v) is 7.02. The Morgan fingerprint density at radius 1 is 1.29 bits per heavy atom. The van der Waals surface area contributed by atoms with Gasteiger partial charge in [0.1, 0.15) is 11.6 Å². The predicted octanol–water partition coefficient (Wildman–Crippen LogP) is 2.40. The lowest BCUT2D eigenvalue weighted by Crippen LogP contribution is -2.43. The molecule has 4 rings (SSSR count). The fourth-order valence-corrected chi connectivity index (χ4v) is 4.91. The number of likely N-dealkylation sites (tertiary alicyclic amines) is 1. The molecule has 0 saturated carbocycles. The van der Waals surface area contributed by atoms with Crippen LogP contribution in [0.3, 0.4) is 0 Å². The number of amides is 2. The van der Waals surface area contributed by atoms with Gasteiger partial charge in [0.15, 0.2) is 6.23 Å². The van der Waals surface area contributed by atoms with Crippen LogP contribution < -0.4 is 0 Å². The molecule has 1 aromatic heterocycles. The van der Waals surface area contributed by atoms with Gasteiger partial charge in [0.05, 0.1) is 35.9 Å². The van der Waals surface area contributed by atoms with Gasteiger partial charge in [-0.15, -0.1) is 0 Å². The fourth-order valence-electron chi connectivity index (χ4n) is 4.81. The molecule has 0 radical (unpaired) electrons. The van der Waals surface area contributed by atoms with E-state index in [4.69, 9.17) is 16.3 Å². The molecule has 2 aliphatic heterocycles. The lowest BCUT2D eigenvalue weighted by Gasteiger charge is -2.39. The van der Waals surface area contributed by atoms with Gasteiger partial charge in [-0.1, -0.05) is 11.6 Å². The van der Waals surface area contributed by atoms with Crippen molar-refractivity contribution in [2.24, 2.45) is 5.92 Å². The van der Waals surface area contributed by atoms with Crippen molar-refractivity contribution in [2.45, 2.75) is 45.1 Å². The first-order chi connectivity index (χ1) is 16.6. The van der Waals surface area contributed by atoms with E-state index in [1.807, 2.05) is 0 Å². The van der Waals surface area contributed by atoms with E-state index in [1.54, 1.807) is 11.8 Å². The largest absolute Gasteiger partial charge is 0.394 e. The zero-order valence-electron chi connectivity index (χ0n) is 19.6. The van der Waals surface area contributed by atoms with Gasteiger partial charge in [0.25, 0.3) is 5.91 Å². The first kappa shape index (κ1) is 25.4. The van der Waals surface area contributed by atoms with Crippen LogP contribution in [-0.4, -0.2) is 68.1 Å². The van der Waals surface area contributed by atoms with E-state index in [0.717, 1.165) is 0 Å². The summed E-state index contributed by atoms with van der Waals surface area (Å²) in [7, 11) is 0. The van der Waals surface area contributed by atoms with E-state index in [2.05, 4.69) is 9.97 Å². The Balaban J connectivity index is 1.65. The molecule has 11 heteroatoms. The van der Waals surface area contributed by atoms with Gasteiger partial charge >= 0.3 is 0 Å². The molecule has 3 heterocycles. The number of hydrogen-bond acceptors (Lipinski definition) is 7. The van der Waals surface area contributed by atoms with Crippen LogP contribution in [0, 0.1) is 11.7 Å². The summed E-state index contributed by atoms with van der Waals surface area (Å²) in [6.45, 7) is 3.66. The van der Waals surface area contributed by atoms with Crippen LogP contribution >= 0.6 is 11.6 Å². The molecule has 1 unspecified atom stereocenters. The van der Waals surface area contributed by atoms with Crippen LogP contribution in [0.1, 0.15) is 60.2 Å². The van der Waals surface area contributed by atoms with Gasteiger partial charge in [-0.05, 0) is 43.4 Å². The first-order valence-electron chi connectivity index (χ1n) is 11.4. The summed E-state index contributed by atoms with van der Waals surface area (Å²) in [6.07, 6.45) is 2.83. The molecule has 0 spiro atoms. The van der Waals surface area contributed by atoms with Crippen molar-refractivity contribution in [1.82, 2.24) is 19.8 Å². The SMILES string of the molecule is CC(=O)N1CCC(C(C)(O)c2cc(F)c3c(c2)C(=O)N(Cc2ncc(Cl)cn2)[C@@H]3OCCO)CC1. The molecule has 2 aromatic rings. The minimum absolute atomic E-state index is 0.0176. The van der Waals surface area contributed by atoms with Crippen LogP contribution in [0.15, 0.2) is 24.5 Å². The van der Waals surface area contributed by atoms with E-state index in [1.165, 1.54) is 36.4 Å². The van der Waals surface area contributed by atoms with Crippen molar-refractivity contribution in [3.8, 4) is 0 Å². The third kappa shape index (κ3) is 5.02. The average Bonchev–Trinajstić information content (AvgIpc) is 3.10. The molecule has 0 bridgehead atoms. The maximum absolute atomic E-state index is 15.5. The van der Waals surface area contributed by atoms with Crippen molar-refractivity contribution in [1.29, 1.82) is 0 Å². The Bertz CT molecular complexity index is 1110. The normalized spacial score (nSPS) is 20.2. The van der Waals surface area contributed by atoms with Gasteiger partial charge < -0.3 is 24.7 Å². The van der Waals surface area contributed by atoms with Gasteiger partial charge in [-0.25, -0.2) is 14.4 Å². The lowest BCUT2D eigenvalue weighted by molar-refractivity contribution is -0.132. The van der Waals surface area contributed by atoms with Crippen LogP contribution in [-0.2, 0) is 21.7 Å². The molecule has 2 atom stereocenters. The zero-order chi connectivity index (χ0) is 25.3. The molecule has 2 amide bonds. The Morgan fingerprint density at radius 3 is 2.54 bits per heavy atom. The smallest absolute Gasteiger partial charge is 0.257 e. The maximum atomic E-state index is 15.5. The number of fused-ring (bicyclic) bond motifs is 1. The van der Waals surface area contributed by atoms with Gasteiger partial charge in [-0.3, -0.25) is 9.59 Å². The highest BCUT2D eigenvalue weighted by Gasteiger charge is 2.43. The standard InChI is InChI=1S/C24H28ClFN4O5/c1-14(32)29-5-3-15(4-6-29)24(2,34)16-9-18-21(19(26)10-16)23(35-8-7-31)30(22(18)33)13-20-27-11-17(25)12-28-20/h9-12,15,23,31,34H,3-8,13H2,1-2H3/t23-,24?/m1/s1. The number of rotatable bonds is 7. The average molecular weight is 507 g/mol. The Morgan fingerprint density at radius 2 is 1.94 bits per heavy atom. The number of ether oxygens (including phenoxy) is 1. The van der Waals surface area contributed by atoms with Gasteiger partial charge in [0.2, 0.25) is 5.91 Å². The number of carbonyl (C=O) groups is 2. The lowest BCUT2D eigenvalue weighted by atomic mass is 9.76. The number of nitrogens with zero attached hydrogens (tertiary/aromatic N) is 4. The molecule has 1 saturated heterocycles. The second kappa shape index (κ2) is 10.1. The monoisotopic (exact) mass is 506 g/mol.